The summed E-state index contributed by atoms with van der Waals surface area (Å²) in [6.45, 7) is 5.23. The van der Waals surface area contributed by atoms with Gasteiger partial charge < -0.3 is 4.42 Å². The molecule has 0 radical (unpaired) electrons. The Kier molecular flexibility index (Phi) is 4.63. The van der Waals surface area contributed by atoms with Crippen LogP contribution in [0.4, 0.5) is 0 Å². The van der Waals surface area contributed by atoms with Gasteiger partial charge in [-0.25, -0.2) is 4.79 Å². The van der Waals surface area contributed by atoms with Crippen LogP contribution in [0.15, 0.2) is 50.6 Å². The fourth-order valence-corrected chi connectivity index (χ4v) is 2.80. The number of benzene rings is 1. The van der Waals surface area contributed by atoms with Crippen LogP contribution in [-0.2, 0) is 17.9 Å². The molecule has 0 amide bonds. The highest BCUT2D eigenvalue weighted by Gasteiger charge is 2.24. The zero-order valence-electron chi connectivity index (χ0n) is 14.8. The lowest BCUT2D eigenvalue weighted by atomic mass is 9.91. The Morgan fingerprint density at radius 2 is 1.88 bits per heavy atom. The zero-order chi connectivity index (χ0) is 19.1. The third-order valence-corrected chi connectivity index (χ3v) is 4.45. The molecular weight excluding hydrogens is 356 g/mol. The first-order chi connectivity index (χ1) is 12.2. The summed E-state index contributed by atoms with van der Waals surface area (Å²) >= 11 is 6.04. The van der Waals surface area contributed by atoms with Gasteiger partial charge in [0.2, 0.25) is 0 Å². The highest BCUT2D eigenvalue weighted by molar-refractivity contribution is 6.31. The first kappa shape index (κ1) is 18.2. The van der Waals surface area contributed by atoms with Gasteiger partial charge in [-0.1, -0.05) is 32.4 Å². The van der Waals surface area contributed by atoms with E-state index in [2.05, 4.69) is 0 Å². The Morgan fingerprint density at radius 1 is 1.15 bits per heavy atom. The van der Waals surface area contributed by atoms with Crippen molar-refractivity contribution in [3.8, 4) is 0 Å². The number of halogens is 1. The normalized spacial score (nSPS) is 11.8. The van der Waals surface area contributed by atoms with E-state index in [-0.39, 0.29) is 24.3 Å². The van der Waals surface area contributed by atoms with Gasteiger partial charge in [-0.3, -0.25) is 18.7 Å². The number of fused-ring (bicyclic) bond motifs is 1. The van der Waals surface area contributed by atoms with E-state index in [0.29, 0.717) is 16.3 Å². The van der Waals surface area contributed by atoms with Crippen LogP contribution in [0.3, 0.4) is 0 Å². The second-order valence-corrected chi connectivity index (χ2v) is 7.61. The van der Waals surface area contributed by atoms with Crippen molar-refractivity contribution in [2.24, 2.45) is 5.41 Å². The molecule has 0 N–H and O–H groups in total. The number of hydrogen-bond donors (Lipinski definition) is 0. The van der Waals surface area contributed by atoms with Gasteiger partial charge in [-0.15, -0.1) is 0 Å². The summed E-state index contributed by atoms with van der Waals surface area (Å²) in [5.74, 6) is 0.360. The predicted molar refractivity (Wildman–Crippen MR) is 99.8 cm³/mol. The van der Waals surface area contributed by atoms with Gasteiger partial charge in [-0.2, -0.15) is 0 Å². The number of carbonyl (C=O) groups excluding carboxylic acids is 1. The van der Waals surface area contributed by atoms with Crippen LogP contribution in [-0.4, -0.2) is 14.9 Å². The van der Waals surface area contributed by atoms with Crippen molar-refractivity contribution in [1.29, 1.82) is 0 Å². The number of Topliss-reactive ketones (excluding diaryl/α,β-unsaturated/α-hetero) is 1. The van der Waals surface area contributed by atoms with Crippen LogP contribution in [0.25, 0.3) is 10.9 Å². The molecular formula is C19H19ClN2O4. The molecule has 0 aliphatic rings. The summed E-state index contributed by atoms with van der Waals surface area (Å²) in [6.07, 6.45) is 1.47. The smallest absolute Gasteiger partial charge is 0.332 e. The van der Waals surface area contributed by atoms with E-state index in [1.807, 2.05) is 0 Å². The van der Waals surface area contributed by atoms with Crippen molar-refractivity contribution in [2.45, 2.75) is 33.9 Å². The molecule has 3 aromatic rings. The predicted octanol–water partition coefficient (Wildman–Crippen LogP) is 3.07. The average Bonchev–Trinajstić information content (AvgIpc) is 3.07. The van der Waals surface area contributed by atoms with Crippen molar-refractivity contribution in [2.75, 3.05) is 0 Å². The number of aromatic nitrogens is 2. The van der Waals surface area contributed by atoms with Crippen molar-refractivity contribution in [3.63, 3.8) is 0 Å². The van der Waals surface area contributed by atoms with E-state index in [0.717, 1.165) is 4.57 Å². The minimum Gasteiger partial charge on any atom is -0.467 e. The lowest BCUT2D eigenvalue weighted by Gasteiger charge is -2.19. The van der Waals surface area contributed by atoms with Crippen LogP contribution in [0, 0.1) is 5.41 Å². The van der Waals surface area contributed by atoms with Crippen molar-refractivity contribution in [3.05, 3.63) is 68.2 Å². The van der Waals surface area contributed by atoms with Crippen LogP contribution in [0.1, 0.15) is 26.5 Å². The molecule has 0 atom stereocenters. The highest BCUT2D eigenvalue weighted by atomic mass is 35.5. The van der Waals surface area contributed by atoms with E-state index in [1.165, 1.54) is 16.9 Å². The summed E-state index contributed by atoms with van der Waals surface area (Å²) in [5, 5.41) is 0.664. The van der Waals surface area contributed by atoms with E-state index < -0.39 is 16.7 Å². The molecule has 0 aliphatic carbocycles. The van der Waals surface area contributed by atoms with E-state index in [4.69, 9.17) is 16.0 Å². The minimum absolute atomic E-state index is 0.0170. The van der Waals surface area contributed by atoms with Gasteiger partial charge in [0.15, 0.2) is 5.78 Å². The first-order valence-corrected chi connectivity index (χ1v) is 8.55. The molecule has 26 heavy (non-hydrogen) atoms. The Hall–Kier alpha value is -2.60. The summed E-state index contributed by atoms with van der Waals surface area (Å²) in [4.78, 5) is 38.3. The summed E-state index contributed by atoms with van der Waals surface area (Å²) in [5.41, 5.74) is -1.25. The second-order valence-electron chi connectivity index (χ2n) is 7.17. The number of hydrogen-bond acceptors (Lipinski definition) is 4. The van der Waals surface area contributed by atoms with Crippen molar-refractivity contribution in [1.82, 2.24) is 9.13 Å². The minimum atomic E-state index is -0.611. The topological polar surface area (TPSA) is 74.2 Å². The lowest BCUT2D eigenvalue weighted by molar-refractivity contribution is -0.126. The molecule has 0 spiro atoms. The van der Waals surface area contributed by atoms with Crippen LogP contribution in [0.2, 0.25) is 5.02 Å². The SMILES string of the molecule is CC(C)(C)C(=O)Cn1c(=O)n(Cc2ccco2)c(=O)c2cc(Cl)ccc21. The van der Waals surface area contributed by atoms with E-state index >= 15 is 0 Å². The quantitative estimate of drug-likeness (QED) is 0.703. The molecule has 1 aromatic carbocycles. The van der Waals surface area contributed by atoms with Gasteiger partial charge in [-0.05, 0) is 30.3 Å². The van der Waals surface area contributed by atoms with Crippen LogP contribution < -0.4 is 11.2 Å². The van der Waals surface area contributed by atoms with Gasteiger partial charge in [0.05, 0.1) is 30.3 Å². The first-order valence-electron chi connectivity index (χ1n) is 8.17. The molecule has 2 heterocycles. The van der Waals surface area contributed by atoms with Crippen molar-refractivity contribution >= 4 is 28.3 Å². The Labute approximate surface area is 154 Å². The largest absolute Gasteiger partial charge is 0.467 e. The molecule has 0 aliphatic heterocycles. The summed E-state index contributed by atoms with van der Waals surface area (Å²) in [7, 11) is 0. The molecule has 0 bridgehead atoms. The fraction of sp³-hybridized carbons (Fsp3) is 0.316. The number of ketones is 1. The second kappa shape index (κ2) is 6.61. The maximum absolute atomic E-state index is 13.0. The lowest BCUT2D eigenvalue weighted by Crippen LogP contribution is -2.42. The van der Waals surface area contributed by atoms with Gasteiger partial charge in [0.1, 0.15) is 5.76 Å². The third kappa shape index (κ3) is 3.37. The number of carbonyl (C=O) groups is 1. The number of furan rings is 1. The van der Waals surface area contributed by atoms with Crippen LogP contribution >= 0.6 is 11.6 Å². The molecule has 6 nitrogen and oxygen atoms in total. The zero-order valence-corrected chi connectivity index (χ0v) is 15.5. The van der Waals surface area contributed by atoms with Gasteiger partial charge >= 0.3 is 5.69 Å². The third-order valence-electron chi connectivity index (χ3n) is 4.22. The summed E-state index contributed by atoms with van der Waals surface area (Å²) in [6, 6.07) is 8.05. The Morgan fingerprint density at radius 3 is 2.50 bits per heavy atom. The van der Waals surface area contributed by atoms with Gasteiger partial charge in [0.25, 0.3) is 5.56 Å². The molecule has 2 aromatic heterocycles. The maximum atomic E-state index is 13.0. The molecule has 7 heteroatoms. The molecule has 0 unspecified atom stereocenters. The van der Waals surface area contributed by atoms with Crippen molar-refractivity contribution < 1.29 is 9.21 Å². The monoisotopic (exact) mass is 374 g/mol. The standard InChI is InChI=1S/C19H19ClN2O4/c1-19(2,3)16(23)11-21-15-7-6-12(20)9-14(15)17(24)22(18(21)25)10-13-5-4-8-26-13/h4-9H,10-11H2,1-3H3. The van der Waals surface area contributed by atoms with E-state index in [1.54, 1.807) is 45.0 Å². The van der Waals surface area contributed by atoms with Crippen LogP contribution in [0.5, 0.6) is 0 Å². The van der Waals surface area contributed by atoms with E-state index in [9.17, 15) is 14.4 Å². The molecule has 3 rings (SSSR count). The number of nitrogens with zero attached hydrogens (tertiary/aromatic N) is 2. The van der Waals surface area contributed by atoms with Gasteiger partial charge in [0, 0.05) is 10.4 Å². The Bertz CT molecular complexity index is 1090. The molecule has 0 fully saturated rings. The molecule has 0 saturated carbocycles. The molecule has 0 saturated heterocycles. The Balaban J connectivity index is 2.26. The maximum Gasteiger partial charge on any atom is 0.332 e. The highest BCUT2D eigenvalue weighted by Crippen LogP contribution is 2.19. The number of rotatable bonds is 4. The molecule has 136 valence electrons. The summed E-state index contributed by atoms with van der Waals surface area (Å²) < 4.78 is 7.64. The average molecular weight is 375 g/mol. The fourth-order valence-electron chi connectivity index (χ4n) is 2.63.